The number of ether oxygens (including phenoxy) is 1. The number of amides is 3. The number of pyridine rings is 4. The number of fused-ring (bicyclic) bond motifs is 2. The second-order valence-corrected chi connectivity index (χ2v) is 23.2. The molecule has 5 aromatic heterocycles. The van der Waals surface area contributed by atoms with Gasteiger partial charge >= 0.3 is 5.69 Å². The normalized spacial score (nSPS) is 16.6. The van der Waals surface area contributed by atoms with Crippen LogP contribution >= 0.6 is 11.6 Å². The van der Waals surface area contributed by atoms with Gasteiger partial charge < -0.3 is 30.1 Å². The predicted molar refractivity (Wildman–Crippen MR) is 338 cm³/mol. The Labute approximate surface area is 509 Å². The molecular formula is C67H71ClF2N12O5. The van der Waals surface area contributed by atoms with E-state index in [1.165, 1.54) is 40.5 Å². The van der Waals surface area contributed by atoms with Crippen molar-refractivity contribution in [3.05, 3.63) is 178 Å². The highest BCUT2D eigenvalue weighted by atomic mass is 35.5. The Morgan fingerprint density at radius 3 is 2.07 bits per heavy atom. The smallest absolute Gasteiger partial charge is 0.355 e. The minimum Gasteiger partial charge on any atom is -0.379 e. The van der Waals surface area contributed by atoms with E-state index in [1.807, 2.05) is 51.7 Å². The molecule has 87 heavy (non-hydrogen) atoms. The number of piperazine rings is 2. The molecule has 0 bridgehead atoms. The van der Waals surface area contributed by atoms with E-state index in [0.717, 1.165) is 52.2 Å². The van der Waals surface area contributed by atoms with Crippen LogP contribution in [0.5, 0.6) is 0 Å². The first-order valence-corrected chi connectivity index (χ1v) is 29.7. The quantitative estimate of drug-likeness (QED) is 0.107. The maximum Gasteiger partial charge on any atom is 0.355 e. The van der Waals surface area contributed by atoms with Crippen molar-refractivity contribution in [2.24, 2.45) is 5.73 Å². The third-order valence-corrected chi connectivity index (χ3v) is 16.7. The minimum absolute atomic E-state index is 0.0524. The molecule has 17 nitrogen and oxygen atoms in total. The molecule has 8 aromatic rings. The molecule has 8 heterocycles. The van der Waals surface area contributed by atoms with Gasteiger partial charge in [-0.25, -0.2) is 33.1 Å². The number of rotatable bonds is 13. The predicted octanol–water partition coefficient (Wildman–Crippen LogP) is 10.7. The summed E-state index contributed by atoms with van der Waals surface area (Å²) in [6.07, 6.45) is 4.32. The molecule has 3 aromatic carbocycles. The summed E-state index contributed by atoms with van der Waals surface area (Å²) in [5, 5.41) is 1.46. The monoisotopic (exact) mass is 1200 g/mol. The van der Waals surface area contributed by atoms with Gasteiger partial charge in [-0.05, 0) is 97.8 Å². The summed E-state index contributed by atoms with van der Waals surface area (Å²) in [7, 11) is 0. The van der Waals surface area contributed by atoms with Crippen molar-refractivity contribution in [1.82, 2.24) is 44.2 Å². The van der Waals surface area contributed by atoms with Crippen LogP contribution in [0.15, 0.2) is 127 Å². The van der Waals surface area contributed by atoms with E-state index in [-0.39, 0.29) is 69.8 Å². The Morgan fingerprint density at radius 1 is 0.736 bits per heavy atom. The summed E-state index contributed by atoms with van der Waals surface area (Å²) in [5.41, 5.74) is 12.9. The lowest BCUT2D eigenvalue weighted by Gasteiger charge is -2.44. The topological polar surface area (TPSA) is 189 Å². The standard InChI is InChI=1S/C35H37ClFN5O2.C32H34FN7O3/c1-4-31(43)41-13-15-42(16-14-41)35-27-21-28(36)33(26-11-7-8-12-29(26)37)39-34(27)32(25-10-6-5-9-24(25)23(2)3)30(38-35)22-40-17-19-44-20-18-40;1-7-25(41)38-15-20(6)39(16-19(38)5)30-23-14-24(33)27(21-10-8-9-11-22(21)29(34)42)36-31(23)40(32(43)37-30)28-18(4)12-13-35-26(28)17(2)3/h4-12,21,23H,1,13-20,22H2,2-3H3;7-14,17,19-20H,1,15-16H2,2-6H3,(H2,34,42). The first-order chi connectivity index (χ1) is 41.8. The molecule has 11 rings (SSSR count). The van der Waals surface area contributed by atoms with Crippen LogP contribution in [-0.2, 0) is 20.9 Å². The van der Waals surface area contributed by atoms with Gasteiger partial charge in [0.25, 0.3) is 0 Å². The van der Waals surface area contributed by atoms with Gasteiger partial charge in [0.05, 0.1) is 51.9 Å². The number of nitrogens with two attached hydrogens (primary N) is 1. The molecule has 3 aliphatic heterocycles. The van der Waals surface area contributed by atoms with Crippen molar-refractivity contribution in [2.75, 3.05) is 75.4 Å². The van der Waals surface area contributed by atoms with Gasteiger partial charge in [0.2, 0.25) is 17.7 Å². The molecular weight excluding hydrogens is 1130 g/mol. The molecule has 3 aliphatic rings. The van der Waals surface area contributed by atoms with Crippen LogP contribution in [-0.4, -0.2) is 140 Å². The molecule has 0 spiro atoms. The lowest BCUT2D eigenvalue weighted by atomic mass is 9.90. The second kappa shape index (κ2) is 26.1. The first-order valence-electron chi connectivity index (χ1n) is 29.3. The van der Waals surface area contributed by atoms with Gasteiger partial charge in [-0.3, -0.25) is 24.3 Å². The van der Waals surface area contributed by atoms with Crippen LogP contribution in [0, 0.1) is 18.6 Å². The number of hydrogen-bond donors (Lipinski definition) is 1. The van der Waals surface area contributed by atoms with Crippen LogP contribution in [0.4, 0.5) is 20.4 Å². The van der Waals surface area contributed by atoms with Crippen molar-refractivity contribution in [3.63, 3.8) is 0 Å². The molecule has 0 saturated carbocycles. The highest BCUT2D eigenvalue weighted by Crippen LogP contribution is 2.43. The second-order valence-electron chi connectivity index (χ2n) is 22.8. The molecule has 3 saturated heterocycles. The third kappa shape index (κ3) is 12.3. The van der Waals surface area contributed by atoms with Crippen LogP contribution < -0.4 is 21.2 Å². The van der Waals surface area contributed by atoms with Crippen LogP contribution in [0.1, 0.15) is 86.3 Å². The average molecular weight is 1200 g/mol. The molecule has 2 N–H and O–H groups in total. The Kier molecular flexibility index (Phi) is 18.4. The van der Waals surface area contributed by atoms with Gasteiger partial charge in [-0.1, -0.05) is 107 Å². The highest BCUT2D eigenvalue weighted by Gasteiger charge is 2.35. The Hall–Kier alpha value is -8.78. The summed E-state index contributed by atoms with van der Waals surface area (Å²) in [4.78, 5) is 85.5. The molecule has 2 unspecified atom stereocenters. The van der Waals surface area contributed by atoms with Gasteiger partial charge in [-0.15, -0.1) is 0 Å². The van der Waals surface area contributed by atoms with Gasteiger partial charge in [-0.2, -0.15) is 4.98 Å². The van der Waals surface area contributed by atoms with Gasteiger partial charge in [0, 0.05) is 105 Å². The maximum atomic E-state index is 16.1. The van der Waals surface area contributed by atoms with Crippen LogP contribution in [0.3, 0.4) is 0 Å². The average Bonchev–Trinajstić information content (AvgIpc) is 1.15. The van der Waals surface area contributed by atoms with E-state index in [0.29, 0.717) is 92.1 Å². The van der Waals surface area contributed by atoms with E-state index in [4.69, 9.17) is 37.0 Å². The fraction of sp³-hybridized carbons (Fsp3) is 0.328. The fourth-order valence-corrected chi connectivity index (χ4v) is 12.2. The number of halogens is 3. The van der Waals surface area contributed by atoms with Crippen molar-refractivity contribution >= 4 is 62.9 Å². The number of carbonyl (C=O) groups excluding carboxylic acids is 3. The zero-order chi connectivity index (χ0) is 62.0. The largest absolute Gasteiger partial charge is 0.379 e. The van der Waals surface area contributed by atoms with Crippen LogP contribution in [0.25, 0.3) is 61.3 Å². The molecule has 0 aliphatic carbocycles. The molecule has 20 heteroatoms. The molecule has 3 amide bonds. The Balaban J connectivity index is 0.000000193. The SMILES string of the molecule is C=CC(=O)N1CC(C)N(c2nc(=O)n(-c3c(C)ccnc3C(C)C)c3nc(-c4ccccc4C(N)=O)c(F)cc23)CC1C.C=CC(=O)N1CCN(c2nc(CN3CCOCC3)c(-c3ccccc3C(C)C)c3nc(-c4ccccc4F)c(Cl)cc23)CC1. The van der Waals surface area contributed by atoms with Gasteiger partial charge in [0.1, 0.15) is 29.0 Å². The summed E-state index contributed by atoms with van der Waals surface area (Å²) >= 11 is 6.92. The number of hydrogen-bond acceptors (Lipinski definition) is 13. The van der Waals surface area contributed by atoms with Crippen molar-refractivity contribution < 1.29 is 27.9 Å². The highest BCUT2D eigenvalue weighted by molar-refractivity contribution is 6.34. The van der Waals surface area contributed by atoms with E-state index >= 15 is 8.78 Å². The first kappa shape index (κ1) is 61.3. The number of benzene rings is 3. The number of morpholine rings is 1. The number of anilines is 2. The Bertz CT molecular complexity index is 4050. The zero-order valence-electron chi connectivity index (χ0n) is 50.1. The van der Waals surface area contributed by atoms with E-state index in [1.54, 1.807) is 58.5 Å². The molecule has 450 valence electrons. The number of aryl methyl sites for hydroxylation is 1. The van der Waals surface area contributed by atoms with Gasteiger partial charge in [0.15, 0.2) is 5.65 Å². The zero-order valence-corrected chi connectivity index (χ0v) is 50.8. The summed E-state index contributed by atoms with van der Waals surface area (Å²) in [6, 6.07) is 25.8. The third-order valence-electron chi connectivity index (χ3n) is 16.4. The molecule has 0 radical (unpaired) electrons. The number of nitrogens with zero attached hydrogens (tertiary/aromatic N) is 11. The number of primary amides is 1. The van der Waals surface area contributed by atoms with Crippen molar-refractivity contribution in [2.45, 2.75) is 78.9 Å². The summed E-state index contributed by atoms with van der Waals surface area (Å²) in [6.45, 7) is 27.8. The van der Waals surface area contributed by atoms with Crippen LogP contribution in [0.2, 0.25) is 5.02 Å². The van der Waals surface area contributed by atoms with E-state index in [2.05, 4.69) is 65.0 Å². The van der Waals surface area contributed by atoms with Crippen molar-refractivity contribution in [3.8, 4) is 39.3 Å². The number of carbonyl (C=O) groups is 3. The molecule has 2 atom stereocenters. The fourth-order valence-electron chi connectivity index (χ4n) is 11.9. The lowest BCUT2D eigenvalue weighted by Crippen LogP contribution is -2.58. The summed E-state index contributed by atoms with van der Waals surface area (Å²) < 4.78 is 38.3. The lowest BCUT2D eigenvalue weighted by molar-refractivity contribution is -0.129. The number of aromatic nitrogens is 6. The van der Waals surface area contributed by atoms with E-state index in [9.17, 15) is 19.2 Å². The van der Waals surface area contributed by atoms with Crippen molar-refractivity contribution in [1.29, 1.82) is 0 Å². The summed E-state index contributed by atoms with van der Waals surface area (Å²) in [5.74, 6) is -0.844. The maximum absolute atomic E-state index is 16.1. The Morgan fingerprint density at radius 2 is 1.40 bits per heavy atom. The minimum atomic E-state index is -0.732. The van der Waals surface area contributed by atoms with E-state index < -0.39 is 17.4 Å². The molecule has 3 fully saturated rings.